The summed E-state index contributed by atoms with van der Waals surface area (Å²) >= 11 is 0. The Balaban J connectivity index is 2.24. The smallest absolute Gasteiger partial charge is 0.341 e. The van der Waals surface area contributed by atoms with Crippen LogP contribution in [0.2, 0.25) is 0 Å². The molecule has 29 heavy (non-hydrogen) atoms. The van der Waals surface area contributed by atoms with E-state index in [1.165, 1.54) is 16.7 Å². The Morgan fingerprint density at radius 1 is 1.34 bits per heavy atom. The predicted molar refractivity (Wildman–Crippen MR) is 102 cm³/mol. The van der Waals surface area contributed by atoms with Gasteiger partial charge in [0.2, 0.25) is 5.43 Å². The molecule has 0 unspecified atom stereocenters. The molecule has 1 heterocycles. The van der Waals surface area contributed by atoms with Crippen molar-refractivity contribution in [2.24, 2.45) is 0 Å². The van der Waals surface area contributed by atoms with E-state index in [4.69, 9.17) is 10.8 Å². The molecule has 150 valence electrons. The van der Waals surface area contributed by atoms with Gasteiger partial charge in [-0.2, -0.15) is 0 Å². The van der Waals surface area contributed by atoms with Crippen molar-refractivity contribution in [3.8, 4) is 0 Å². The summed E-state index contributed by atoms with van der Waals surface area (Å²) in [6.45, 7) is 1.70. The Kier molecular flexibility index (Phi) is 4.89. The second-order valence-electron chi connectivity index (χ2n) is 6.06. The first-order valence-electron chi connectivity index (χ1n) is 8.25. The molecule has 3 rings (SSSR count). The number of hydrogen-bond acceptors (Lipinski definition) is 6. The van der Waals surface area contributed by atoms with E-state index in [2.05, 4.69) is 5.32 Å². The Labute approximate surface area is 161 Å². The van der Waals surface area contributed by atoms with Crippen molar-refractivity contribution in [2.45, 2.75) is 13.5 Å². The fourth-order valence-electron chi connectivity index (χ4n) is 2.93. The number of nitrogens with one attached hydrogen (secondary N) is 1. The number of halogens is 2. The number of carbonyl (C=O) groups is 1. The number of anilines is 3. The number of aryl methyl sites for hydroxylation is 1. The summed E-state index contributed by atoms with van der Waals surface area (Å²) in [5, 5.41) is 22.1. The summed E-state index contributed by atoms with van der Waals surface area (Å²) < 4.78 is 30.9. The quantitative estimate of drug-likeness (QED) is 0.337. The predicted octanol–water partition coefficient (Wildman–Crippen LogP) is 3.23. The first kappa shape index (κ1) is 19.7. The normalized spacial score (nSPS) is 10.9. The van der Waals surface area contributed by atoms with Crippen LogP contribution in [0, 0.1) is 21.7 Å². The zero-order valence-electron chi connectivity index (χ0n) is 14.9. The molecule has 0 aliphatic heterocycles. The van der Waals surface area contributed by atoms with Crippen molar-refractivity contribution in [3.63, 3.8) is 0 Å². The third-order valence-corrected chi connectivity index (χ3v) is 4.32. The summed E-state index contributed by atoms with van der Waals surface area (Å²) in [5.74, 6) is -3.83. The molecule has 4 N–H and O–H groups in total. The van der Waals surface area contributed by atoms with Crippen molar-refractivity contribution in [1.82, 2.24) is 4.57 Å². The third-order valence-electron chi connectivity index (χ3n) is 4.32. The number of carboxylic acids is 1. The lowest BCUT2D eigenvalue weighted by atomic mass is 10.1. The Bertz CT molecular complexity index is 1240. The van der Waals surface area contributed by atoms with Gasteiger partial charge >= 0.3 is 5.97 Å². The van der Waals surface area contributed by atoms with Gasteiger partial charge in [0.15, 0.2) is 11.6 Å². The Morgan fingerprint density at radius 2 is 2.03 bits per heavy atom. The highest BCUT2D eigenvalue weighted by Crippen LogP contribution is 2.32. The van der Waals surface area contributed by atoms with Gasteiger partial charge in [0.25, 0.3) is 5.69 Å². The van der Waals surface area contributed by atoms with Gasteiger partial charge in [-0.15, -0.1) is 0 Å². The van der Waals surface area contributed by atoms with Gasteiger partial charge in [0, 0.05) is 24.5 Å². The number of hydrogen-bond donors (Lipinski definition) is 3. The van der Waals surface area contributed by atoms with E-state index < -0.39 is 50.3 Å². The van der Waals surface area contributed by atoms with Crippen LogP contribution < -0.4 is 16.5 Å². The Morgan fingerprint density at radius 3 is 2.62 bits per heavy atom. The monoisotopic (exact) mass is 404 g/mol. The number of pyridine rings is 1. The third kappa shape index (κ3) is 3.33. The van der Waals surface area contributed by atoms with Gasteiger partial charge in [-0.05, 0) is 25.1 Å². The van der Waals surface area contributed by atoms with Crippen molar-refractivity contribution in [3.05, 3.63) is 68.0 Å². The highest BCUT2D eigenvalue weighted by atomic mass is 19.1. The molecular formula is C18H14F2N4O5. The lowest BCUT2D eigenvalue weighted by Gasteiger charge is -2.15. The van der Waals surface area contributed by atoms with Crippen LogP contribution in [0.5, 0.6) is 0 Å². The van der Waals surface area contributed by atoms with Crippen LogP contribution in [0.1, 0.15) is 17.3 Å². The van der Waals surface area contributed by atoms with E-state index in [9.17, 15) is 24.1 Å². The zero-order valence-corrected chi connectivity index (χ0v) is 14.9. The van der Waals surface area contributed by atoms with Crippen LogP contribution in [-0.4, -0.2) is 20.6 Å². The molecule has 0 atom stereocenters. The van der Waals surface area contributed by atoms with E-state index in [0.29, 0.717) is 0 Å². The average molecular weight is 404 g/mol. The molecule has 0 aliphatic carbocycles. The number of aromatic nitrogens is 1. The molecule has 1 aromatic heterocycles. The maximum Gasteiger partial charge on any atom is 0.341 e. The minimum Gasteiger partial charge on any atom is -0.477 e. The molecule has 0 fully saturated rings. The SMILES string of the molecule is CCn1cc(C(=O)O)c(=O)c2cc(F)c(Nc3ccc(N)c([N+](=O)[O-])c3)c(F)c21. The average Bonchev–Trinajstić information content (AvgIpc) is 2.66. The van der Waals surface area contributed by atoms with Crippen molar-refractivity contribution in [2.75, 3.05) is 11.1 Å². The van der Waals surface area contributed by atoms with Gasteiger partial charge in [0.05, 0.1) is 15.8 Å². The Hall–Kier alpha value is -4.02. The number of benzene rings is 2. The number of aromatic carboxylic acids is 1. The molecule has 0 aliphatic rings. The van der Waals surface area contributed by atoms with Crippen LogP contribution in [-0.2, 0) is 6.54 Å². The van der Waals surface area contributed by atoms with E-state index in [1.54, 1.807) is 6.92 Å². The van der Waals surface area contributed by atoms with Gasteiger partial charge in [-0.1, -0.05) is 0 Å². The lowest BCUT2D eigenvalue weighted by Crippen LogP contribution is -2.20. The fourth-order valence-corrected chi connectivity index (χ4v) is 2.93. The van der Waals surface area contributed by atoms with E-state index in [-0.39, 0.29) is 23.4 Å². The number of nitrogens with zero attached hydrogens (tertiary/aromatic N) is 2. The topological polar surface area (TPSA) is 140 Å². The van der Waals surface area contributed by atoms with E-state index in [1.807, 2.05) is 0 Å². The van der Waals surface area contributed by atoms with Crippen LogP contribution >= 0.6 is 0 Å². The first-order valence-corrected chi connectivity index (χ1v) is 8.25. The van der Waals surface area contributed by atoms with E-state index >= 15 is 4.39 Å². The maximum atomic E-state index is 15.1. The summed E-state index contributed by atoms with van der Waals surface area (Å²) in [6.07, 6.45) is 0.978. The summed E-state index contributed by atoms with van der Waals surface area (Å²) in [7, 11) is 0. The molecule has 9 nitrogen and oxygen atoms in total. The zero-order chi connectivity index (χ0) is 21.5. The molecule has 3 aromatic rings. The van der Waals surface area contributed by atoms with Crippen LogP contribution in [0.4, 0.5) is 31.5 Å². The van der Waals surface area contributed by atoms with Crippen LogP contribution in [0.3, 0.4) is 0 Å². The van der Waals surface area contributed by atoms with Gasteiger partial charge in [-0.25, -0.2) is 13.6 Å². The highest BCUT2D eigenvalue weighted by Gasteiger charge is 2.22. The van der Waals surface area contributed by atoms with Crippen molar-refractivity contribution in [1.29, 1.82) is 0 Å². The number of nitro groups is 1. The van der Waals surface area contributed by atoms with Crippen LogP contribution in [0.15, 0.2) is 35.3 Å². The van der Waals surface area contributed by atoms with Gasteiger partial charge in [-0.3, -0.25) is 14.9 Å². The summed E-state index contributed by atoms with van der Waals surface area (Å²) in [6, 6.07) is 4.25. The van der Waals surface area contributed by atoms with E-state index in [0.717, 1.165) is 18.3 Å². The number of carboxylic acid groups (broad SMARTS) is 1. The minimum atomic E-state index is -1.52. The molecule has 0 spiro atoms. The fraction of sp³-hybridized carbons (Fsp3) is 0.111. The van der Waals surface area contributed by atoms with Crippen molar-refractivity contribution >= 4 is 39.6 Å². The molecule has 2 aromatic carbocycles. The molecule has 11 heteroatoms. The lowest BCUT2D eigenvalue weighted by molar-refractivity contribution is -0.383. The molecule has 0 amide bonds. The maximum absolute atomic E-state index is 15.1. The molecule has 0 saturated heterocycles. The van der Waals surface area contributed by atoms with Crippen molar-refractivity contribution < 1.29 is 23.6 Å². The number of nitrogen functional groups attached to an aromatic ring is 1. The molecule has 0 bridgehead atoms. The largest absolute Gasteiger partial charge is 0.477 e. The number of nitrogens with two attached hydrogens (primary N) is 1. The van der Waals surface area contributed by atoms with Gasteiger partial charge in [0.1, 0.15) is 16.9 Å². The van der Waals surface area contributed by atoms with Gasteiger partial charge < -0.3 is 20.7 Å². The number of rotatable bonds is 5. The molecular weight excluding hydrogens is 390 g/mol. The second-order valence-corrected chi connectivity index (χ2v) is 6.06. The number of fused-ring (bicyclic) bond motifs is 1. The first-order chi connectivity index (χ1) is 13.6. The summed E-state index contributed by atoms with van der Waals surface area (Å²) in [5.41, 5.74) is 2.34. The standard InChI is InChI=1S/C18H14F2N4O5/c1-2-23-7-10(18(26)27)17(25)9-6-11(19)15(14(20)16(9)23)22-8-3-4-12(21)13(5-8)24(28)29/h3-7,22H,2,21H2,1H3,(H,26,27). The minimum absolute atomic E-state index is 0.00407. The molecule has 0 radical (unpaired) electrons. The second kappa shape index (κ2) is 7.19. The number of nitro benzene ring substituents is 1. The highest BCUT2D eigenvalue weighted by molar-refractivity contribution is 5.94. The summed E-state index contributed by atoms with van der Waals surface area (Å²) in [4.78, 5) is 33.8. The van der Waals surface area contributed by atoms with Crippen LogP contribution in [0.25, 0.3) is 10.9 Å². The molecule has 0 saturated carbocycles.